The smallest absolute Gasteiger partial charge is 0.186 e. The summed E-state index contributed by atoms with van der Waals surface area (Å²) in [6.45, 7) is -1.04. The zero-order valence-corrected chi connectivity index (χ0v) is 15.0. The molecule has 7 unspecified atom stereocenters. The van der Waals surface area contributed by atoms with Crippen LogP contribution in [0.5, 0.6) is 11.5 Å². The monoisotopic (exact) mass is 390 g/mol. The van der Waals surface area contributed by atoms with E-state index in [1.807, 2.05) is 0 Å². The molecular weight excluding hydrogens is 364 g/mol. The molecule has 1 fully saturated rings. The molecule has 0 bridgehead atoms. The predicted molar refractivity (Wildman–Crippen MR) is 90.2 cm³/mol. The molecule has 10 nitrogen and oxygen atoms in total. The number of aliphatic hydroxyl groups excluding tert-OH is 6. The molecule has 1 saturated heterocycles. The molecule has 154 valence electrons. The van der Waals surface area contributed by atoms with Crippen LogP contribution in [0.25, 0.3) is 0 Å². The van der Waals surface area contributed by atoms with Gasteiger partial charge in [-0.15, -0.1) is 0 Å². The fraction of sp³-hybridized carbons (Fsp3) is 0.647. The third-order valence-corrected chi connectivity index (χ3v) is 4.39. The van der Waals surface area contributed by atoms with E-state index in [2.05, 4.69) is 0 Å². The first-order valence-electron chi connectivity index (χ1n) is 8.34. The summed E-state index contributed by atoms with van der Waals surface area (Å²) in [5.41, 5.74) is 0.345. The van der Waals surface area contributed by atoms with Gasteiger partial charge in [-0.25, -0.2) is 0 Å². The van der Waals surface area contributed by atoms with Crippen molar-refractivity contribution in [2.75, 3.05) is 27.4 Å². The van der Waals surface area contributed by atoms with Crippen LogP contribution >= 0.6 is 0 Å². The number of benzene rings is 1. The highest BCUT2D eigenvalue weighted by molar-refractivity contribution is 5.43. The van der Waals surface area contributed by atoms with E-state index in [4.69, 9.17) is 24.1 Å². The Bertz CT molecular complexity index is 595. The normalized spacial score (nSPS) is 30.6. The summed E-state index contributed by atoms with van der Waals surface area (Å²) in [5.74, 6) is 0.830. The maximum absolute atomic E-state index is 10.3. The van der Waals surface area contributed by atoms with Gasteiger partial charge in [-0.2, -0.15) is 0 Å². The van der Waals surface area contributed by atoms with Crippen molar-refractivity contribution in [1.82, 2.24) is 0 Å². The van der Waals surface area contributed by atoms with Crippen LogP contribution in [-0.2, 0) is 9.47 Å². The van der Waals surface area contributed by atoms with E-state index in [-0.39, 0.29) is 0 Å². The zero-order chi connectivity index (χ0) is 20.1. The highest BCUT2D eigenvalue weighted by Gasteiger charge is 2.44. The van der Waals surface area contributed by atoms with Crippen LogP contribution in [0.1, 0.15) is 11.7 Å². The Kier molecular flexibility index (Phi) is 7.77. The van der Waals surface area contributed by atoms with Crippen molar-refractivity contribution < 1.29 is 49.6 Å². The Hall–Kier alpha value is -1.50. The largest absolute Gasteiger partial charge is 0.493 e. The molecule has 1 heterocycles. The highest BCUT2D eigenvalue weighted by Crippen LogP contribution is 2.31. The molecule has 1 aliphatic heterocycles. The summed E-state index contributed by atoms with van der Waals surface area (Å²) in [6.07, 6.45) is -9.94. The van der Waals surface area contributed by atoms with Gasteiger partial charge in [0.1, 0.15) is 36.6 Å². The highest BCUT2D eigenvalue weighted by atomic mass is 16.7. The van der Waals surface area contributed by atoms with Crippen molar-refractivity contribution in [3.05, 3.63) is 23.8 Å². The Morgan fingerprint density at radius 3 is 2.26 bits per heavy atom. The maximum atomic E-state index is 10.3. The van der Waals surface area contributed by atoms with Crippen LogP contribution in [0.4, 0.5) is 0 Å². The average Bonchev–Trinajstić information content (AvgIpc) is 2.70. The molecule has 27 heavy (non-hydrogen) atoms. The Labute approximate surface area is 156 Å². The average molecular weight is 390 g/mol. The minimum atomic E-state index is -1.59. The summed E-state index contributed by atoms with van der Waals surface area (Å²) in [4.78, 5) is 0. The Balaban J connectivity index is 1.99. The maximum Gasteiger partial charge on any atom is 0.186 e. The minimum absolute atomic E-state index is 0.345. The molecule has 1 aromatic rings. The third-order valence-electron chi connectivity index (χ3n) is 4.39. The molecule has 1 aliphatic rings. The van der Waals surface area contributed by atoms with Crippen LogP contribution in [0.2, 0.25) is 0 Å². The summed E-state index contributed by atoms with van der Waals surface area (Å²) >= 11 is 0. The summed E-state index contributed by atoms with van der Waals surface area (Å²) < 4.78 is 20.7. The minimum Gasteiger partial charge on any atom is -0.493 e. The molecule has 1 aromatic carbocycles. The number of ether oxygens (including phenoxy) is 4. The van der Waals surface area contributed by atoms with Crippen molar-refractivity contribution in [1.29, 1.82) is 0 Å². The second-order valence-electron chi connectivity index (χ2n) is 6.16. The molecule has 0 aliphatic carbocycles. The summed E-state index contributed by atoms with van der Waals surface area (Å²) in [6, 6.07) is 4.62. The van der Waals surface area contributed by atoms with Crippen molar-refractivity contribution in [3.8, 4) is 11.5 Å². The van der Waals surface area contributed by atoms with Crippen LogP contribution < -0.4 is 9.47 Å². The van der Waals surface area contributed by atoms with Crippen LogP contribution in [-0.4, -0.2) is 94.9 Å². The van der Waals surface area contributed by atoms with E-state index in [0.29, 0.717) is 17.1 Å². The number of hydrogen-bond donors (Lipinski definition) is 6. The molecule has 0 amide bonds. The number of hydrogen-bond acceptors (Lipinski definition) is 10. The second-order valence-corrected chi connectivity index (χ2v) is 6.16. The summed E-state index contributed by atoms with van der Waals surface area (Å²) in [7, 11) is 2.91. The van der Waals surface area contributed by atoms with Gasteiger partial charge in [-0.1, -0.05) is 6.07 Å². The first-order valence-corrected chi connectivity index (χ1v) is 8.34. The van der Waals surface area contributed by atoms with Crippen molar-refractivity contribution in [3.63, 3.8) is 0 Å². The van der Waals surface area contributed by atoms with Gasteiger partial charge >= 0.3 is 0 Å². The molecular formula is C17H26O10. The van der Waals surface area contributed by atoms with Gasteiger partial charge in [0, 0.05) is 0 Å². The number of methoxy groups -OCH3 is 2. The van der Waals surface area contributed by atoms with Gasteiger partial charge in [-0.3, -0.25) is 0 Å². The van der Waals surface area contributed by atoms with E-state index in [1.165, 1.54) is 20.3 Å². The first-order chi connectivity index (χ1) is 12.8. The van der Waals surface area contributed by atoms with E-state index in [9.17, 15) is 25.5 Å². The van der Waals surface area contributed by atoms with Crippen molar-refractivity contribution >= 4 is 0 Å². The standard InChI is InChI=1S/C17H26O10/c1-24-10-4-3-8(5-11(10)25-2)13(20)9(19)7-26-17-16(23)15(22)14(21)12(6-18)27-17/h3-5,9,12-23H,6-7H2,1-2H3. The lowest BCUT2D eigenvalue weighted by Crippen LogP contribution is -2.59. The fourth-order valence-electron chi connectivity index (χ4n) is 2.75. The Morgan fingerprint density at radius 1 is 1.00 bits per heavy atom. The van der Waals surface area contributed by atoms with Crippen LogP contribution in [0.15, 0.2) is 18.2 Å². The van der Waals surface area contributed by atoms with Gasteiger partial charge < -0.3 is 49.6 Å². The van der Waals surface area contributed by atoms with Crippen LogP contribution in [0, 0.1) is 0 Å². The van der Waals surface area contributed by atoms with E-state index < -0.39 is 56.1 Å². The molecule has 0 radical (unpaired) electrons. The van der Waals surface area contributed by atoms with Gasteiger partial charge in [-0.05, 0) is 17.7 Å². The van der Waals surface area contributed by atoms with Gasteiger partial charge in [0.2, 0.25) is 0 Å². The molecule has 0 saturated carbocycles. The number of aliphatic hydroxyl groups is 6. The predicted octanol–water partition coefficient (Wildman–Crippen LogP) is -2.09. The lowest BCUT2D eigenvalue weighted by molar-refractivity contribution is -0.306. The quantitative estimate of drug-likeness (QED) is 0.291. The first kappa shape index (κ1) is 21.8. The summed E-state index contributed by atoms with van der Waals surface area (Å²) in [5, 5.41) is 59.0. The van der Waals surface area contributed by atoms with Gasteiger partial charge in [0.25, 0.3) is 0 Å². The molecule has 0 spiro atoms. The zero-order valence-electron chi connectivity index (χ0n) is 15.0. The van der Waals surface area contributed by atoms with Gasteiger partial charge in [0.15, 0.2) is 17.8 Å². The molecule has 7 atom stereocenters. The van der Waals surface area contributed by atoms with E-state index >= 15 is 0 Å². The van der Waals surface area contributed by atoms with Gasteiger partial charge in [0.05, 0.1) is 27.4 Å². The van der Waals surface area contributed by atoms with Crippen LogP contribution in [0.3, 0.4) is 0 Å². The molecule has 10 heteroatoms. The lowest BCUT2D eigenvalue weighted by Gasteiger charge is -2.39. The SMILES string of the molecule is COc1ccc(C(O)C(O)COC2OC(CO)C(O)C(O)C2O)cc1OC. The Morgan fingerprint density at radius 2 is 1.67 bits per heavy atom. The number of rotatable bonds is 8. The van der Waals surface area contributed by atoms with E-state index in [1.54, 1.807) is 12.1 Å². The second kappa shape index (κ2) is 9.62. The molecule has 0 aromatic heterocycles. The molecule has 2 rings (SSSR count). The fourth-order valence-corrected chi connectivity index (χ4v) is 2.75. The third kappa shape index (κ3) is 4.86. The van der Waals surface area contributed by atoms with Crippen molar-refractivity contribution in [2.24, 2.45) is 0 Å². The topological polar surface area (TPSA) is 158 Å². The lowest BCUT2D eigenvalue weighted by atomic mass is 9.99. The molecule has 6 N–H and O–H groups in total. The van der Waals surface area contributed by atoms with E-state index in [0.717, 1.165) is 0 Å². The van der Waals surface area contributed by atoms with Crippen molar-refractivity contribution in [2.45, 2.75) is 42.9 Å².